The van der Waals surface area contributed by atoms with Crippen LogP contribution in [-0.2, 0) is 4.79 Å². The zero-order chi connectivity index (χ0) is 18.7. The molecule has 2 fully saturated rings. The molecule has 26 heavy (non-hydrogen) atoms. The topological polar surface area (TPSA) is 38.8 Å². The van der Waals surface area contributed by atoms with Crippen LogP contribution in [0.4, 0.5) is 0 Å². The third-order valence-electron chi connectivity index (χ3n) is 5.91. The monoisotopic (exact) mass is 358 g/mol. The molecule has 1 aliphatic carbocycles. The van der Waals surface area contributed by atoms with Gasteiger partial charge >= 0.3 is 0 Å². The second-order valence-electron chi connectivity index (χ2n) is 8.57. The van der Waals surface area contributed by atoms with Gasteiger partial charge in [-0.2, -0.15) is 0 Å². The number of carbonyl (C=O) groups excluding carboxylic acids is 1. The van der Waals surface area contributed by atoms with Crippen molar-refractivity contribution >= 4 is 5.91 Å². The molecule has 1 heterocycles. The maximum atomic E-state index is 12.9. The molecule has 1 aromatic carbocycles. The number of nitrogens with zero attached hydrogens (tertiary/aromatic N) is 3. The summed E-state index contributed by atoms with van der Waals surface area (Å²) in [5, 5.41) is 3.26. The minimum atomic E-state index is -0.227. The van der Waals surface area contributed by atoms with E-state index in [1.54, 1.807) is 0 Å². The Morgan fingerprint density at radius 2 is 1.77 bits per heavy atom. The lowest BCUT2D eigenvalue weighted by Crippen LogP contribution is -2.48. The van der Waals surface area contributed by atoms with Gasteiger partial charge in [0, 0.05) is 44.7 Å². The van der Waals surface area contributed by atoms with Crippen molar-refractivity contribution in [3.05, 3.63) is 35.4 Å². The Kier molecular flexibility index (Phi) is 6.00. The first-order chi connectivity index (χ1) is 12.4. The molecule has 5 nitrogen and oxygen atoms in total. The van der Waals surface area contributed by atoms with E-state index < -0.39 is 0 Å². The van der Waals surface area contributed by atoms with E-state index in [9.17, 15) is 4.79 Å². The number of carbonyl (C=O) groups is 1. The predicted octanol–water partition coefficient (Wildman–Crippen LogP) is 1.74. The Bertz CT molecular complexity index is 601. The Morgan fingerprint density at radius 1 is 1.15 bits per heavy atom. The van der Waals surface area contributed by atoms with E-state index >= 15 is 0 Å². The van der Waals surface area contributed by atoms with Gasteiger partial charge in [-0.3, -0.25) is 9.69 Å². The number of rotatable bonds is 7. The van der Waals surface area contributed by atoms with Gasteiger partial charge in [0.1, 0.15) is 6.04 Å². The average molecular weight is 359 g/mol. The van der Waals surface area contributed by atoms with Gasteiger partial charge in [0.25, 0.3) is 0 Å². The summed E-state index contributed by atoms with van der Waals surface area (Å²) >= 11 is 0. The van der Waals surface area contributed by atoms with Gasteiger partial charge in [-0.25, -0.2) is 0 Å². The second-order valence-corrected chi connectivity index (χ2v) is 8.57. The summed E-state index contributed by atoms with van der Waals surface area (Å²) < 4.78 is 0. The lowest BCUT2D eigenvalue weighted by atomic mass is 10.0. The van der Waals surface area contributed by atoms with Gasteiger partial charge in [-0.15, -0.1) is 0 Å². The molecule has 144 valence electrons. The summed E-state index contributed by atoms with van der Waals surface area (Å²) in [5.41, 5.74) is 2.58. The summed E-state index contributed by atoms with van der Waals surface area (Å²) in [6.07, 6.45) is 2.47. The summed E-state index contributed by atoms with van der Waals surface area (Å²) in [6, 6.07) is 8.06. The SMILES string of the molecule is Cc1ccc([C@H](C(=O)NCC2(CN3CCN(C)CC3)CC2)N(C)C)cc1. The van der Waals surface area contributed by atoms with E-state index in [0.29, 0.717) is 5.41 Å². The van der Waals surface area contributed by atoms with Crippen molar-refractivity contribution in [1.29, 1.82) is 0 Å². The van der Waals surface area contributed by atoms with Crippen LogP contribution >= 0.6 is 0 Å². The first kappa shape index (κ1) is 19.3. The molecular formula is C21H34N4O. The smallest absolute Gasteiger partial charge is 0.241 e. The number of likely N-dealkylation sites (N-methyl/N-ethyl adjacent to an activating group) is 2. The fourth-order valence-corrected chi connectivity index (χ4v) is 3.85. The van der Waals surface area contributed by atoms with Crippen LogP contribution in [0.25, 0.3) is 0 Å². The highest BCUT2D eigenvalue weighted by molar-refractivity contribution is 5.83. The van der Waals surface area contributed by atoms with E-state index in [2.05, 4.69) is 53.4 Å². The summed E-state index contributed by atoms with van der Waals surface area (Å²) in [6.45, 7) is 8.60. The normalized spacial score (nSPS) is 21.6. The fraction of sp³-hybridized carbons (Fsp3) is 0.667. The zero-order valence-corrected chi connectivity index (χ0v) is 16.8. The molecule has 3 rings (SSSR count). The van der Waals surface area contributed by atoms with Crippen molar-refractivity contribution in [1.82, 2.24) is 20.0 Å². The number of benzene rings is 1. The van der Waals surface area contributed by atoms with Crippen LogP contribution < -0.4 is 5.32 Å². The quantitative estimate of drug-likeness (QED) is 0.806. The van der Waals surface area contributed by atoms with E-state index in [0.717, 1.165) is 44.8 Å². The van der Waals surface area contributed by atoms with Crippen LogP contribution in [0.2, 0.25) is 0 Å². The highest BCUT2D eigenvalue weighted by Gasteiger charge is 2.44. The molecule has 0 aromatic heterocycles. The van der Waals surface area contributed by atoms with E-state index in [1.165, 1.54) is 18.4 Å². The Balaban J connectivity index is 1.55. The largest absolute Gasteiger partial charge is 0.354 e. The Labute approximate surface area is 158 Å². The molecule has 2 aliphatic rings. The number of hydrogen-bond donors (Lipinski definition) is 1. The maximum Gasteiger partial charge on any atom is 0.241 e. The first-order valence-electron chi connectivity index (χ1n) is 9.80. The third-order valence-corrected chi connectivity index (χ3v) is 5.91. The number of nitrogens with one attached hydrogen (secondary N) is 1. The molecule has 1 aromatic rings. The zero-order valence-electron chi connectivity index (χ0n) is 16.8. The molecule has 1 atom stereocenters. The van der Waals surface area contributed by atoms with Crippen molar-refractivity contribution in [2.75, 3.05) is 60.4 Å². The van der Waals surface area contributed by atoms with Crippen molar-refractivity contribution < 1.29 is 4.79 Å². The predicted molar refractivity (Wildman–Crippen MR) is 106 cm³/mol. The Hall–Kier alpha value is -1.43. The lowest BCUT2D eigenvalue weighted by Gasteiger charge is -2.35. The summed E-state index contributed by atoms with van der Waals surface area (Å²) in [4.78, 5) is 19.9. The highest BCUT2D eigenvalue weighted by Crippen LogP contribution is 2.45. The van der Waals surface area contributed by atoms with E-state index in [4.69, 9.17) is 0 Å². The van der Waals surface area contributed by atoms with Crippen LogP contribution in [-0.4, -0.2) is 81.0 Å². The molecular weight excluding hydrogens is 324 g/mol. The average Bonchev–Trinajstić information content (AvgIpc) is 3.37. The molecule has 1 saturated heterocycles. The molecule has 5 heteroatoms. The minimum Gasteiger partial charge on any atom is -0.354 e. The number of aryl methyl sites for hydroxylation is 1. The summed E-state index contributed by atoms with van der Waals surface area (Å²) in [5.74, 6) is 0.114. The van der Waals surface area contributed by atoms with Crippen LogP contribution in [0.1, 0.15) is 30.0 Å². The second kappa shape index (κ2) is 8.07. The van der Waals surface area contributed by atoms with E-state index in [-0.39, 0.29) is 11.9 Å². The molecule has 1 N–H and O–H groups in total. The van der Waals surface area contributed by atoms with Gasteiger partial charge in [-0.1, -0.05) is 29.8 Å². The fourth-order valence-electron chi connectivity index (χ4n) is 3.85. The van der Waals surface area contributed by atoms with E-state index in [1.807, 2.05) is 19.0 Å². The standard InChI is InChI=1S/C21H34N4O/c1-17-5-7-18(8-6-17)19(23(2)3)20(26)22-15-21(9-10-21)16-25-13-11-24(4)12-14-25/h5-8,19H,9-16H2,1-4H3,(H,22,26)/t19-/m1/s1. The first-order valence-corrected chi connectivity index (χ1v) is 9.80. The lowest BCUT2D eigenvalue weighted by molar-refractivity contribution is -0.126. The number of amides is 1. The molecule has 0 bridgehead atoms. The van der Waals surface area contributed by atoms with Crippen LogP contribution in [0, 0.1) is 12.3 Å². The van der Waals surface area contributed by atoms with Crippen LogP contribution in [0.3, 0.4) is 0 Å². The minimum absolute atomic E-state index is 0.114. The van der Waals surface area contributed by atoms with Crippen molar-refractivity contribution in [3.8, 4) is 0 Å². The van der Waals surface area contributed by atoms with Gasteiger partial charge < -0.3 is 15.1 Å². The number of piperazine rings is 1. The highest BCUT2D eigenvalue weighted by atomic mass is 16.2. The van der Waals surface area contributed by atoms with Crippen molar-refractivity contribution in [2.45, 2.75) is 25.8 Å². The molecule has 1 aliphatic heterocycles. The molecule has 0 unspecified atom stereocenters. The maximum absolute atomic E-state index is 12.9. The third kappa shape index (κ3) is 4.84. The number of hydrogen-bond acceptors (Lipinski definition) is 4. The molecule has 0 spiro atoms. The Morgan fingerprint density at radius 3 is 2.31 bits per heavy atom. The van der Waals surface area contributed by atoms with Gasteiger partial charge in [0.05, 0.1) is 0 Å². The van der Waals surface area contributed by atoms with Crippen molar-refractivity contribution in [2.24, 2.45) is 5.41 Å². The van der Waals surface area contributed by atoms with Gasteiger partial charge in [0.2, 0.25) is 5.91 Å². The molecule has 1 amide bonds. The molecule has 0 radical (unpaired) electrons. The van der Waals surface area contributed by atoms with Crippen LogP contribution in [0.15, 0.2) is 24.3 Å². The van der Waals surface area contributed by atoms with Gasteiger partial charge in [-0.05, 0) is 46.5 Å². The molecule has 1 saturated carbocycles. The van der Waals surface area contributed by atoms with Crippen LogP contribution in [0.5, 0.6) is 0 Å². The van der Waals surface area contributed by atoms with Crippen molar-refractivity contribution in [3.63, 3.8) is 0 Å². The van der Waals surface area contributed by atoms with Gasteiger partial charge in [0.15, 0.2) is 0 Å². The summed E-state index contributed by atoms with van der Waals surface area (Å²) in [7, 11) is 6.14.